The summed E-state index contributed by atoms with van der Waals surface area (Å²) < 4.78 is 27.0. The molecule has 1 aliphatic heterocycles. The first-order chi connectivity index (χ1) is 9.97. The van der Waals surface area contributed by atoms with Gasteiger partial charge in [-0.05, 0) is 45.8 Å². The average molecular weight is 353 g/mol. The predicted octanol–water partition coefficient (Wildman–Crippen LogP) is 3.27. The van der Waals surface area contributed by atoms with Gasteiger partial charge in [-0.2, -0.15) is 0 Å². The Morgan fingerprint density at radius 3 is 2.67 bits per heavy atom. The van der Waals surface area contributed by atoms with Crippen LogP contribution in [0.5, 0.6) is 0 Å². The van der Waals surface area contributed by atoms with Gasteiger partial charge in [-0.15, -0.1) is 0 Å². The minimum absolute atomic E-state index is 0.210. The van der Waals surface area contributed by atoms with Crippen molar-refractivity contribution in [3.8, 4) is 0 Å². The Balaban J connectivity index is 1.97. The summed E-state index contributed by atoms with van der Waals surface area (Å²) >= 11 is 3.10. The van der Waals surface area contributed by atoms with Crippen LogP contribution in [0.1, 0.15) is 17.2 Å². The first-order valence-electron chi connectivity index (χ1n) is 6.27. The van der Waals surface area contributed by atoms with Crippen LogP contribution in [0.3, 0.4) is 0 Å². The number of hydrogen-bond donors (Lipinski definition) is 1. The van der Waals surface area contributed by atoms with Crippen LogP contribution >= 0.6 is 15.9 Å². The fourth-order valence-corrected chi connectivity index (χ4v) is 2.84. The third-order valence-electron chi connectivity index (χ3n) is 3.48. The van der Waals surface area contributed by atoms with Crippen molar-refractivity contribution in [1.82, 2.24) is 0 Å². The Bertz CT molecular complexity index is 736. The van der Waals surface area contributed by atoms with Crippen LogP contribution in [0.15, 0.2) is 40.9 Å². The number of amides is 1. The molecule has 21 heavy (non-hydrogen) atoms. The predicted molar refractivity (Wildman–Crippen MR) is 78.6 cm³/mol. The first kappa shape index (κ1) is 14.2. The molecule has 0 fully saturated rings. The lowest BCUT2D eigenvalue weighted by atomic mass is 10.1. The number of carbonyl (C=O) groups is 1. The number of carbonyl (C=O) groups excluding carboxylic acids is 1. The highest BCUT2D eigenvalue weighted by atomic mass is 79.9. The third-order valence-corrected chi connectivity index (χ3v) is 4.08. The summed E-state index contributed by atoms with van der Waals surface area (Å²) in [5.41, 5.74) is 7.64. The van der Waals surface area contributed by atoms with Gasteiger partial charge < -0.3 is 10.6 Å². The molecule has 1 unspecified atom stereocenters. The molecule has 0 saturated heterocycles. The highest BCUT2D eigenvalue weighted by Crippen LogP contribution is 2.36. The number of anilines is 1. The van der Waals surface area contributed by atoms with Crippen molar-refractivity contribution in [1.29, 1.82) is 0 Å². The van der Waals surface area contributed by atoms with E-state index in [1.54, 1.807) is 12.1 Å². The van der Waals surface area contributed by atoms with Crippen molar-refractivity contribution in [2.24, 2.45) is 5.73 Å². The van der Waals surface area contributed by atoms with E-state index in [0.29, 0.717) is 15.7 Å². The molecule has 0 saturated carbocycles. The summed E-state index contributed by atoms with van der Waals surface area (Å²) in [5, 5.41) is 0. The molecule has 1 heterocycles. The fraction of sp³-hybridized carbons (Fsp3) is 0.133. The van der Waals surface area contributed by atoms with Crippen LogP contribution in [0, 0.1) is 11.6 Å². The van der Waals surface area contributed by atoms with Crippen LogP contribution in [-0.2, 0) is 11.3 Å². The number of halogens is 3. The highest BCUT2D eigenvalue weighted by Gasteiger charge is 2.35. The van der Waals surface area contributed by atoms with Gasteiger partial charge in [-0.1, -0.05) is 12.1 Å². The lowest BCUT2D eigenvalue weighted by Crippen LogP contribution is -2.31. The van der Waals surface area contributed by atoms with Gasteiger partial charge in [0.1, 0.15) is 17.7 Å². The Hall–Kier alpha value is -1.79. The quantitative estimate of drug-likeness (QED) is 0.901. The zero-order valence-corrected chi connectivity index (χ0v) is 12.4. The molecule has 2 aromatic carbocycles. The molecular formula is C15H11BrF2N2O. The van der Waals surface area contributed by atoms with Crippen LogP contribution in [0.25, 0.3) is 0 Å². The number of fused-ring (bicyclic) bond motifs is 1. The average Bonchev–Trinajstić information content (AvgIpc) is 2.68. The maximum Gasteiger partial charge on any atom is 0.248 e. The Kier molecular flexibility index (Phi) is 3.51. The molecule has 108 valence electrons. The maximum absolute atomic E-state index is 13.4. The number of nitrogens with zero attached hydrogens (tertiary/aromatic N) is 1. The largest absolute Gasteiger partial charge is 0.316 e. The second-order valence-electron chi connectivity index (χ2n) is 4.85. The fourth-order valence-electron chi connectivity index (χ4n) is 2.42. The Morgan fingerprint density at radius 2 is 1.95 bits per heavy atom. The van der Waals surface area contributed by atoms with Crippen LogP contribution in [0.2, 0.25) is 0 Å². The van der Waals surface area contributed by atoms with Gasteiger partial charge in [0.25, 0.3) is 0 Å². The van der Waals surface area contributed by atoms with Gasteiger partial charge in [-0.3, -0.25) is 4.79 Å². The van der Waals surface area contributed by atoms with Crippen LogP contribution in [0.4, 0.5) is 14.5 Å². The lowest BCUT2D eigenvalue weighted by molar-refractivity contribution is -0.119. The van der Waals surface area contributed by atoms with E-state index in [4.69, 9.17) is 5.73 Å². The van der Waals surface area contributed by atoms with E-state index >= 15 is 0 Å². The van der Waals surface area contributed by atoms with Gasteiger partial charge in [0.2, 0.25) is 5.91 Å². The number of nitrogens with two attached hydrogens (primary N) is 1. The minimum Gasteiger partial charge on any atom is -0.316 e. The second kappa shape index (κ2) is 5.20. The van der Waals surface area contributed by atoms with Crippen molar-refractivity contribution in [2.75, 3.05) is 4.90 Å². The molecule has 2 aromatic rings. The van der Waals surface area contributed by atoms with E-state index in [9.17, 15) is 13.6 Å². The number of benzene rings is 2. The molecular weight excluding hydrogens is 342 g/mol. The van der Waals surface area contributed by atoms with Crippen molar-refractivity contribution in [2.45, 2.75) is 12.6 Å². The molecule has 0 bridgehead atoms. The molecule has 6 heteroatoms. The Morgan fingerprint density at radius 1 is 1.19 bits per heavy atom. The topological polar surface area (TPSA) is 46.3 Å². The smallest absolute Gasteiger partial charge is 0.248 e. The van der Waals surface area contributed by atoms with Crippen molar-refractivity contribution in [3.63, 3.8) is 0 Å². The van der Waals surface area contributed by atoms with E-state index in [1.807, 2.05) is 0 Å². The van der Waals surface area contributed by atoms with E-state index in [-0.39, 0.29) is 18.3 Å². The standard InChI is InChI=1S/C15H11BrF2N2O/c16-11-5-8(1-4-12(11)18)7-20-13-6-9(17)2-3-10(13)14(19)15(20)21/h1-6,14H,7,19H2. The van der Waals surface area contributed by atoms with Gasteiger partial charge >= 0.3 is 0 Å². The zero-order chi connectivity index (χ0) is 15.1. The van der Waals surface area contributed by atoms with Gasteiger partial charge in [0, 0.05) is 5.56 Å². The molecule has 0 aliphatic carbocycles. The summed E-state index contributed by atoms with van der Waals surface area (Å²) in [5.74, 6) is -1.10. The normalized spacial score (nSPS) is 17.2. The highest BCUT2D eigenvalue weighted by molar-refractivity contribution is 9.10. The monoisotopic (exact) mass is 352 g/mol. The number of rotatable bonds is 2. The molecule has 0 spiro atoms. The van der Waals surface area contributed by atoms with Crippen LogP contribution < -0.4 is 10.6 Å². The molecule has 3 nitrogen and oxygen atoms in total. The maximum atomic E-state index is 13.4. The molecule has 3 rings (SSSR count). The van der Waals surface area contributed by atoms with E-state index in [0.717, 1.165) is 5.56 Å². The van der Waals surface area contributed by atoms with Crippen LogP contribution in [-0.4, -0.2) is 5.91 Å². The zero-order valence-electron chi connectivity index (χ0n) is 10.8. The summed E-state index contributed by atoms with van der Waals surface area (Å²) in [6.45, 7) is 0.210. The van der Waals surface area contributed by atoms with E-state index < -0.39 is 11.9 Å². The summed E-state index contributed by atoms with van der Waals surface area (Å²) in [4.78, 5) is 13.6. The van der Waals surface area contributed by atoms with E-state index in [2.05, 4.69) is 15.9 Å². The molecule has 1 aliphatic rings. The summed E-state index contributed by atoms with van der Waals surface area (Å²) in [6.07, 6.45) is 0. The first-order valence-corrected chi connectivity index (χ1v) is 7.07. The second-order valence-corrected chi connectivity index (χ2v) is 5.71. The summed E-state index contributed by atoms with van der Waals surface area (Å²) in [6, 6.07) is 7.79. The van der Waals surface area contributed by atoms with E-state index in [1.165, 1.54) is 29.2 Å². The lowest BCUT2D eigenvalue weighted by Gasteiger charge is -2.18. The molecule has 1 atom stereocenters. The molecule has 1 amide bonds. The molecule has 0 aromatic heterocycles. The van der Waals surface area contributed by atoms with Gasteiger partial charge in [0.05, 0.1) is 16.7 Å². The molecule has 0 radical (unpaired) electrons. The third kappa shape index (κ3) is 2.45. The van der Waals surface area contributed by atoms with Crippen molar-refractivity contribution >= 4 is 27.5 Å². The Labute approximate surface area is 128 Å². The summed E-state index contributed by atoms with van der Waals surface area (Å²) in [7, 11) is 0. The van der Waals surface area contributed by atoms with Gasteiger partial charge in [0.15, 0.2) is 0 Å². The SMILES string of the molecule is NC1C(=O)N(Cc2ccc(F)c(Br)c2)c2cc(F)ccc21. The molecule has 2 N–H and O–H groups in total. The van der Waals surface area contributed by atoms with Crippen molar-refractivity contribution < 1.29 is 13.6 Å². The van der Waals surface area contributed by atoms with Crippen molar-refractivity contribution in [3.05, 3.63) is 63.6 Å². The number of hydrogen-bond acceptors (Lipinski definition) is 2. The minimum atomic E-state index is -0.788. The van der Waals surface area contributed by atoms with Gasteiger partial charge in [-0.25, -0.2) is 8.78 Å².